The van der Waals surface area contributed by atoms with E-state index in [1.807, 2.05) is 47.4 Å². The number of rotatable bonds is 6. The zero-order chi connectivity index (χ0) is 21.8. The van der Waals surface area contributed by atoms with E-state index in [1.54, 1.807) is 6.07 Å². The van der Waals surface area contributed by atoms with Gasteiger partial charge in [-0.1, -0.05) is 42.5 Å². The second kappa shape index (κ2) is 9.16. The molecule has 1 N–H and O–H groups in total. The number of aliphatic hydroxyl groups excluding tert-OH is 1. The highest BCUT2D eigenvalue weighted by molar-refractivity contribution is 5.88. The number of piperazine rings is 1. The fraction of sp³-hybridized carbons (Fsp3) is 0.333. The van der Waals surface area contributed by atoms with Crippen molar-refractivity contribution in [2.24, 2.45) is 0 Å². The van der Waals surface area contributed by atoms with Crippen LogP contribution in [0.4, 0.5) is 18.9 Å². The first-order valence-corrected chi connectivity index (χ1v) is 10.3. The van der Waals surface area contributed by atoms with Crippen LogP contribution in [0.3, 0.4) is 0 Å². The van der Waals surface area contributed by atoms with Crippen LogP contribution in [0.2, 0.25) is 0 Å². The van der Waals surface area contributed by atoms with Gasteiger partial charge >= 0.3 is 6.18 Å². The number of alkyl halides is 3. The standard InChI is InChI=1S/C24H25F3N2O2/c25-24(26,27)19-7-4-8-20(15-19)29-13-11-28(12-14-29)16-21(30)17-31-23-10-3-6-18-5-1-2-9-22(18)23/h1-10,15,21,30H,11-14,16-17H2/t21-/m0/s1. The Morgan fingerprint density at radius 3 is 2.39 bits per heavy atom. The first kappa shape index (κ1) is 21.5. The van der Waals surface area contributed by atoms with Crippen LogP contribution < -0.4 is 9.64 Å². The minimum atomic E-state index is -4.34. The highest BCUT2D eigenvalue weighted by Crippen LogP contribution is 2.32. The Morgan fingerprint density at radius 1 is 0.903 bits per heavy atom. The molecule has 7 heteroatoms. The molecule has 3 aromatic carbocycles. The van der Waals surface area contributed by atoms with E-state index in [9.17, 15) is 18.3 Å². The van der Waals surface area contributed by atoms with Crippen molar-refractivity contribution in [2.45, 2.75) is 12.3 Å². The molecule has 1 saturated heterocycles. The molecule has 1 atom stereocenters. The van der Waals surface area contributed by atoms with E-state index in [0.717, 1.165) is 22.6 Å². The smallest absolute Gasteiger partial charge is 0.416 e. The van der Waals surface area contributed by atoms with Crippen molar-refractivity contribution in [3.8, 4) is 5.75 Å². The molecule has 31 heavy (non-hydrogen) atoms. The van der Waals surface area contributed by atoms with E-state index in [1.165, 1.54) is 12.1 Å². The molecule has 1 heterocycles. The van der Waals surface area contributed by atoms with Gasteiger partial charge in [0.1, 0.15) is 18.5 Å². The number of halogens is 3. The highest BCUT2D eigenvalue weighted by Gasteiger charge is 2.31. The Hall–Kier alpha value is -2.77. The van der Waals surface area contributed by atoms with E-state index in [2.05, 4.69) is 4.90 Å². The lowest BCUT2D eigenvalue weighted by molar-refractivity contribution is -0.137. The third-order valence-electron chi connectivity index (χ3n) is 5.56. The number of hydrogen-bond donors (Lipinski definition) is 1. The monoisotopic (exact) mass is 430 g/mol. The number of ether oxygens (including phenoxy) is 1. The van der Waals surface area contributed by atoms with Gasteiger partial charge in [0.25, 0.3) is 0 Å². The van der Waals surface area contributed by atoms with Crippen molar-refractivity contribution in [3.63, 3.8) is 0 Å². The van der Waals surface area contributed by atoms with Gasteiger partial charge in [0.15, 0.2) is 0 Å². The van der Waals surface area contributed by atoms with Crippen LogP contribution in [0.5, 0.6) is 5.75 Å². The molecule has 1 fully saturated rings. The molecule has 0 saturated carbocycles. The van der Waals surface area contributed by atoms with Crippen molar-refractivity contribution in [2.75, 3.05) is 44.2 Å². The van der Waals surface area contributed by atoms with Crippen molar-refractivity contribution in [3.05, 3.63) is 72.3 Å². The summed E-state index contributed by atoms with van der Waals surface area (Å²) in [7, 11) is 0. The molecular weight excluding hydrogens is 405 g/mol. The third kappa shape index (κ3) is 5.29. The van der Waals surface area contributed by atoms with E-state index in [0.29, 0.717) is 38.4 Å². The van der Waals surface area contributed by atoms with Gasteiger partial charge in [-0.2, -0.15) is 13.2 Å². The number of β-amino-alcohol motifs (C(OH)–C–C–N with tert-alkyl or cyclic N) is 1. The second-order valence-corrected chi connectivity index (χ2v) is 7.78. The summed E-state index contributed by atoms with van der Waals surface area (Å²) in [5, 5.41) is 12.5. The molecule has 0 amide bonds. The fourth-order valence-corrected chi connectivity index (χ4v) is 3.93. The topological polar surface area (TPSA) is 35.9 Å². The van der Waals surface area contributed by atoms with Gasteiger partial charge in [0, 0.05) is 43.8 Å². The molecule has 4 nitrogen and oxygen atoms in total. The molecule has 0 aliphatic carbocycles. The zero-order valence-corrected chi connectivity index (χ0v) is 17.1. The molecule has 0 radical (unpaired) electrons. The highest BCUT2D eigenvalue weighted by atomic mass is 19.4. The summed E-state index contributed by atoms with van der Waals surface area (Å²) in [6, 6.07) is 19.2. The lowest BCUT2D eigenvalue weighted by Gasteiger charge is -2.37. The average molecular weight is 430 g/mol. The van der Waals surface area contributed by atoms with E-state index >= 15 is 0 Å². The SMILES string of the molecule is O[C@H](COc1cccc2ccccc12)CN1CCN(c2cccc(C(F)(F)F)c2)CC1. The molecule has 0 bridgehead atoms. The van der Waals surface area contributed by atoms with Crippen LogP contribution in [0.15, 0.2) is 66.7 Å². The number of fused-ring (bicyclic) bond motifs is 1. The van der Waals surface area contributed by atoms with Gasteiger partial charge in [-0.15, -0.1) is 0 Å². The lowest BCUT2D eigenvalue weighted by Crippen LogP contribution is -2.49. The molecule has 164 valence electrons. The molecule has 4 rings (SSSR count). The minimum absolute atomic E-state index is 0.182. The van der Waals surface area contributed by atoms with E-state index in [4.69, 9.17) is 4.74 Å². The predicted molar refractivity (Wildman–Crippen MR) is 116 cm³/mol. The van der Waals surface area contributed by atoms with Gasteiger partial charge in [-0.05, 0) is 29.7 Å². The van der Waals surface area contributed by atoms with Gasteiger partial charge in [0.2, 0.25) is 0 Å². The number of aliphatic hydroxyl groups is 1. The Morgan fingerprint density at radius 2 is 1.61 bits per heavy atom. The maximum Gasteiger partial charge on any atom is 0.416 e. The predicted octanol–water partition coefficient (Wildman–Crippen LogP) is 4.42. The van der Waals surface area contributed by atoms with Crippen molar-refractivity contribution in [1.82, 2.24) is 4.90 Å². The molecular formula is C24H25F3N2O2. The number of benzene rings is 3. The Bertz CT molecular complexity index is 1010. The van der Waals surface area contributed by atoms with Crippen LogP contribution in [0, 0.1) is 0 Å². The quantitative estimate of drug-likeness (QED) is 0.628. The summed E-state index contributed by atoms with van der Waals surface area (Å²) in [6.07, 6.45) is -4.99. The fourth-order valence-electron chi connectivity index (χ4n) is 3.93. The van der Waals surface area contributed by atoms with E-state index < -0.39 is 17.8 Å². The van der Waals surface area contributed by atoms with Crippen LogP contribution in [-0.4, -0.2) is 55.4 Å². The molecule has 0 spiro atoms. The molecule has 1 aliphatic rings. The van der Waals surface area contributed by atoms with Gasteiger partial charge in [0.05, 0.1) is 5.56 Å². The van der Waals surface area contributed by atoms with Crippen LogP contribution >= 0.6 is 0 Å². The van der Waals surface area contributed by atoms with Crippen molar-refractivity contribution < 1.29 is 23.0 Å². The lowest BCUT2D eigenvalue weighted by atomic mass is 10.1. The Balaban J connectivity index is 1.28. The molecule has 0 aromatic heterocycles. The second-order valence-electron chi connectivity index (χ2n) is 7.78. The molecule has 3 aromatic rings. The largest absolute Gasteiger partial charge is 0.490 e. The summed E-state index contributed by atoms with van der Waals surface area (Å²) < 4.78 is 44.7. The van der Waals surface area contributed by atoms with E-state index in [-0.39, 0.29) is 6.61 Å². The summed E-state index contributed by atoms with van der Waals surface area (Å²) in [5.41, 5.74) is -0.0530. The van der Waals surface area contributed by atoms with Gasteiger partial charge < -0.3 is 14.7 Å². The van der Waals surface area contributed by atoms with Crippen molar-refractivity contribution >= 4 is 16.5 Å². The van der Waals surface area contributed by atoms with Gasteiger partial charge in [-0.25, -0.2) is 0 Å². The molecule has 1 aliphatic heterocycles. The Labute approximate surface area is 179 Å². The minimum Gasteiger partial charge on any atom is -0.490 e. The summed E-state index contributed by atoms with van der Waals surface area (Å²) >= 11 is 0. The van der Waals surface area contributed by atoms with Crippen LogP contribution in [-0.2, 0) is 6.18 Å². The summed E-state index contributed by atoms with van der Waals surface area (Å²) in [6.45, 7) is 3.20. The van der Waals surface area contributed by atoms with Crippen molar-refractivity contribution in [1.29, 1.82) is 0 Å². The first-order valence-electron chi connectivity index (χ1n) is 10.3. The first-order chi connectivity index (χ1) is 14.9. The van der Waals surface area contributed by atoms with Gasteiger partial charge in [-0.3, -0.25) is 4.90 Å². The van der Waals surface area contributed by atoms with Crippen LogP contribution in [0.1, 0.15) is 5.56 Å². The summed E-state index contributed by atoms with van der Waals surface area (Å²) in [4.78, 5) is 4.06. The van der Waals surface area contributed by atoms with Crippen LogP contribution in [0.25, 0.3) is 10.8 Å². The average Bonchev–Trinajstić information content (AvgIpc) is 2.78. The Kier molecular flexibility index (Phi) is 6.34. The zero-order valence-electron chi connectivity index (χ0n) is 17.1. The number of anilines is 1. The molecule has 0 unspecified atom stereocenters. The third-order valence-corrected chi connectivity index (χ3v) is 5.56. The number of hydrogen-bond acceptors (Lipinski definition) is 4. The maximum atomic E-state index is 13.0. The maximum absolute atomic E-state index is 13.0. The number of nitrogens with zero attached hydrogens (tertiary/aromatic N) is 2. The summed E-state index contributed by atoms with van der Waals surface area (Å²) in [5.74, 6) is 0.742. The normalized spacial score (nSPS) is 16.5.